The van der Waals surface area contributed by atoms with Gasteiger partial charge in [0, 0.05) is 18.0 Å². The number of amides is 1. The van der Waals surface area contributed by atoms with Gasteiger partial charge in [-0.2, -0.15) is 0 Å². The number of piperidine rings is 1. The van der Waals surface area contributed by atoms with E-state index in [2.05, 4.69) is 19.1 Å². The molecule has 1 N–H and O–H groups in total. The van der Waals surface area contributed by atoms with Crippen molar-refractivity contribution in [1.82, 2.24) is 4.90 Å². The molecule has 0 aromatic heterocycles. The fraction of sp³-hybridized carbons (Fsp3) is 0.533. The Balaban J connectivity index is 1.83. The zero-order valence-electron chi connectivity index (χ0n) is 11.5. The van der Waals surface area contributed by atoms with Crippen LogP contribution in [0, 0.1) is 12.8 Å². The van der Waals surface area contributed by atoms with Gasteiger partial charge in [-0.3, -0.25) is 4.79 Å². The van der Waals surface area contributed by atoms with Crippen molar-refractivity contribution >= 4 is 17.7 Å². The molecule has 104 valence electrons. The lowest BCUT2D eigenvalue weighted by Crippen LogP contribution is -2.46. The molecular weight excluding hydrogens is 258 g/mol. The molecule has 0 saturated carbocycles. The van der Waals surface area contributed by atoms with E-state index in [4.69, 9.17) is 0 Å². The number of β-amino-alcohol motifs (C(OH)–C–C–N with tert-alkyl or cyclic N) is 1. The second-order valence-corrected chi connectivity index (χ2v) is 6.32. The van der Waals surface area contributed by atoms with Crippen LogP contribution in [0.5, 0.6) is 0 Å². The molecule has 0 radical (unpaired) electrons. The fourth-order valence-corrected chi connectivity index (χ4v) is 2.95. The lowest BCUT2D eigenvalue weighted by atomic mass is 9.96. The third-order valence-electron chi connectivity index (χ3n) is 3.65. The largest absolute Gasteiger partial charge is 0.391 e. The van der Waals surface area contributed by atoms with E-state index >= 15 is 0 Å². The second-order valence-electron chi connectivity index (χ2n) is 5.27. The van der Waals surface area contributed by atoms with Crippen LogP contribution in [0.1, 0.15) is 18.9 Å². The lowest BCUT2D eigenvalue weighted by molar-refractivity contribution is -0.132. The summed E-state index contributed by atoms with van der Waals surface area (Å²) in [4.78, 5) is 15.0. The molecule has 0 aliphatic carbocycles. The standard InChI is InChI=1S/C15H21NO2S/c1-11-3-5-13(6-4-11)19-10-15(18)16-8-7-12(2)14(17)9-16/h3-6,12,14,17H,7-10H2,1-2H3. The van der Waals surface area contributed by atoms with E-state index in [0.717, 1.165) is 17.9 Å². The highest BCUT2D eigenvalue weighted by atomic mass is 32.2. The maximum Gasteiger partial charge on any atom is 0.233 e. The summed E-state index contributed by atoms with van der Waals surface area (Å²) >= 11 is 1.56. The Hall–Kier alpha value is -1.00. The van der Waals surface area contributed by atoms with E-state index in [1.807, 2.05) is 19.1 Å². The maximum atomic E-state index is 12.1. The summed E-state index contributed by atoms with van der Waals surface area (Å²) in [6, 6.07) is 8.19. The quantitative estimate of drug-likeness (QED) is 0.863. The number of benzene rings is 1. The average molecular weight is 279 g/mol. The molecule has 2 unspecified atom stereocenters. The third kappa shape index (κ3) is 3.98. The first-order valence-electron chi connectivity index (χ1n) is 6.71. The van der Waals surface area contributed by atoms with Gasteiger partial charge < -0.3 is 10.0 Å². The van der Waals surface area contributed by atoms with E-state index in [0.29, 0.717) is 18.2 Å². The fourth-order valence-electron chi connectivity index (χ4n) is 2.15. The number of aliphatic hydroxyl groups excluding tert-OH is 1. The number of rotatable bonds is 3. The van der Waals surface area contributed by atoms with Gasteiger partial charge in [-0.15, -0.1) is 11.8 Å². The Bertz CT molecular complexity index is 432. The van der Waals surface area contributed by atoms with Crippen LogP contribution in [-0.4, -0.2) is 40.9 Å². The minimum absolute atomic E-state index is 0.122. The first kappa shape index (κ1) is 14.4. The normalized spacial score (nSPS) is 23.4. The molecule has 2 atom stereocenters. The monoisotopic (exact) mass is 279 g/mol. The first-order chi connectivity index (χ1) is 9.06. The van der Waals surface area contributed by atoms with Crippen molar-refractivity contribution in [3.8, 4) is 0 Å². The SMILES string of the molecule is Cc1ccc(SCC(=O)N2CCC(C)C(O)C2)cc1. The Labute approximate surface area is 119 Å². The van der Waals surface area contributed by atoms with Gasteiger partial charge in [0.05, 0.1) is 11.9 Å². The highest BCUT2D eigenvalue weighted by molar-refractivity contribution is 8.00. The summed E-state index contributed by atoms with van der Waals surface area (Å²) in [6.45, 7) is 5.34. The van der Waals surface area contributed by atoms with Crippen LogP contribution in [0.4, 0.5) is 0 Å². The zero-order valence-corrected chi connectivity index (χ0v) is 12.3. The van der Waals surface area contributed by atoms with Crippen LogP contribution in [0.15, 0.2) is 29.2 Å². The van der Waals surface area contributed by atoms with Gasteiger partial charge in [-0.05, 0) is 31.4 Å². The van der Waals surface area contributed by atoms with E-state index in [1.165, 1.54) is 5.56 Å². The van der Waals surface area contributed by atoms with Crippen LogP contribution in [0.2, 0.25) is 0 Å². The topological polar surface area (TPSA) is 40.5 Å². The minimum Gasteiger partial charge on any atom is -0.391 e. The third-order valence-corrected chi connectivity index (χ3v) is 4.65. The molecule has 0 spiro atoms. The Kier molecular flexibility index (Phi) is 4.88. The number of hydrogen-bond acceptors (Lipinski definition) is 3. The van der Waals surface area contributed by atoms with Crippen LogP contribution >= 0.6 is 11.8 Å². The number of likely N-dealkylation sites (tertiary alicyclic amines) is 1. The highest BCUT2D eigenvalue weighted by Crippen LogP contribution is 2.21. The number of nitrogens with zero attached hydrogens (tertiary/aromatic N) is 1. The lowest BCUT2D eigenvalue weighted by Gasteiger charge is -2.34. The van der Waals surface area contributed by atoms with Gasteiger partial charge in [0.2, 0.25) is 5.91 Å². The Morgan fingerprint density at radius 2 is 2.11 bits per heavy atom. The van der Waals surface area contributed by atoms with Gasteiger partial charge in [-0.25, -0.2) is 0 Å². The van der Waals surface area contributed by atoms with E-state index < -0.39 is 0 Å². The summed E-state index contributed by atoms with van der Waals surface area (Å²) in [5, 5.41) is 9.81. The number of hydrogen-bond donors (Lipinski definition) is 1. The Morgan fingerprint density at radius 1 is 1.42 bits per heavy atom. The van der Waals surface area contributed by atoms with Crippen molar-refractivity contribution in [1.29, 1.82) is 0 Å². The second kappa shape index (κ2) is 6.44. The number of aliphatic hydroxyl groups is 1. The van der Waals surface area contributed by atoms with E-state index in [1.54, 1.807) is 16.7 Å². The van der Waals surface area contributed by atoms with Crippen molar-refractivity contribution in [3.05, 3.63) is 29.8 Å². The summed E-state index contributed by atoms with van der Waals surface area (Å²) in [6.07, 6.45) is 0.518. The molecule has 1 fully saturated rings. The molecule has 1 aliphatic rings. The van der Waals surface area contributed by atoms with Gasteiger partial charge in [0.15, 0.2) is 0 Å². The highest BCUT2D eigenvalue weighted by Gasteiger charge is 2.26. The van der Waals surface area contributed by atoms with Gasteiger partial charge in [0.25, 0.3) is 0 Å². The molecule has 1 heterocycles. The molecule has 3 nitrogen and oxygen atoms in total. The molecule has 4 heteroatoms. The molecule has 1 aromatic rings. The van der Waals surface area contributed by atoms with Crippen molar-refractivity contribution in [2.24, 2.45) is 5.92 Å². The van der Waals surface area contributed by atoms with Gasteiger partial charge >= 0.3 is 0 Å². The molecule has 1 saturated heterocycles. The molecule has 1 aromatic carbocycles. The molecule has 1 amide bonds. The van der Waals surface area contributed by atoms with Crippen molar-refractivity contribution in [2.75, 3.05) is 18.8 Å². The Morgan fingerprint density at radius 3 is 2.74 bits per heavy atom. The predicted octanol–water partition coefficient (Wildman–Crippen LogP) is 2.32. The van der Waals surface area contributed by atoms with Crippen LogP contribution in [0.25, 0.3) is 0 Å². The number of carbonyl (C=O) groups excluding carboxylic acids is 1. The number of carbonyl (C=O) groups is 1. The zero-order chi connectivity index (χ0) is 13.8. The smallest absolute Gasteiger partial charge is 0.233 e. The molecule has 2 rings (SSSR count). The van der Waals surface area contributed by atoms with Crippen molar-refractivity contribution < 1.29 is 9.90 Å². The average Bonchev–Trinajstić information content (AvgIpc) is 2.41. The molecule has 0 bridgehead atoms. The molecule has 19 heavy (non-hydrogen) atoms. The van der Waals surface area contributed by atoms with Gasteiger partial charge in [0.1, 0.15) is 0 Å². The summed E-state index contributed by atoms with van der Waals surface area (Å²) in [7, 11) is 0. The minimum atomic E-state index is -0.373. The van der Waals surface area contributed by atoms with Crippen molar-refractivity contribution in [2.45, 2.75) is 31.3 Å². The summed E-state index contributed by atoms with van der Waals surface area (Å²) < 4.78 is 0. The molecule has 1 aliphatic heterocycles. The van der Waals surface area contributed by atoms with E-state index in [-0.39, 0.29) is 12.0 Å². The van der Waals surface area contributed by atoms with Crippen LogP contribution in [-0.2, 0) is 4.79 Å². The van der Waals surface area contributed by atoms with E-state index in [9.17, 15) is 9.90 Å². The summed E-state index contributed by atoms with van der Waals surface area (Å²) in [5.41, 5.74) is 1.23. The van der Waals surface area contributed by atoms with Crippen LogP contribution < -0.4 is 0 Å². The van der Waals surface area contributed by atoms with Gasteiger partial charge in [-0.1, -0.05) is 24.6 Å². The molecular formula is C15H21NO2S. The summed E-state index contributed by atoms with van der Waals surface area (Å²) in [5.74, 6) is 0.870. The predicted molar refractivity (Wildman–Crippen MR) is 78.3 cm³/mol. The maximum absolute atomic E-state index is 12.1. The van der Waals surface area contributed by atoms with Crippen molar-refractivity contribution in [3.63, 3.8) is 0 Å². The number of thioether (sulfide) groups is 1. The first-order valence-corrected chi connectivity index (χ1v) is 7.70. The number of aryl methyl sites for hydroxylation is 1. The van der Waals surface area contributed by atoms with Crippen LogP contribution in [0.3, 0.4) is 0 Å².